The van der Waals surface area contributed by atoms with Crippen LogP contribution in [-0.4, -0.2) is 47.9 Å². The minimum atomic E-state index is -1.27. The standard InChI is InChI=1S/C18H27N3O5/c1-16-5-3-10(7-12(16)24-16)14(22)21-18(19-9-20-18)26-15(23)11-4-6-17(2)13(8-11)25-17/h10-13,19-20H,3-9H2,1-2H3,(H,21,22). The molecule has 0 bridgehead atoms. The molecule has 0 spiro atoms. The first kappa shape index (κ1) is 16.9. The molecule has 0 radical (unpaired) electrons. The van der Waals surface area contributed by atoms with Gasteiger partial charge in [0.25, 0.3) is 0 Å². The molecule has 8 heteroatoms. The highest BCUT2D eigenvalue weighted by atomic mass is 16.6. The quantitative estimate of drug-likeness (QED) is 0.374. The molecule has 1 amide bonds. The van der Waals surface area contributed by atoms with Gasteiger partial charge in [0.05, 0.1) is 36.0 Å². The second-order valence-corrected chi connectivity index (χ2v) is 8.90. The van der Waals surface area contributed by atoms with Crippen molar-refractivity contribution in [3.63, 3.8) is 0 Å². The van der Waals surface area contributed by atoms with Gasteiger partial charge in [0.2, 0.25) is 5.91 Å². The molecule has 6 unspecified atom stereocenters. The maximum atomic E-state index is 12.7. The molecule has 3 saturated heterocycles. The maximum absolute atomic E-state index is 12.7. The first-order valence-electron chi connectivity index (χ1n) is 9.71. The number of rotatable bonds is 4. The van der Waals surface area contributed by atoms with Gasteiger partial charge in [-0.25, -0.2) is 10.6 Å². The van der Waals surface area contributed by atoms with Crippen molar-refractivity contribution in [2.24, 2.45) is 11.8 Å². The summed E-state index contributed by atoms with van der Waals surface area (Å²) in [5, 5.41) is 8.88. The Hall–Kier alpha value is -1.22. The number of nitrogens with one attached hydrogen (secondary N) is 3. The van der Waals surface area contributed by atoms with Crippen LogP contribution >= 0.6 is 0 Å². The van der Waals surface area contributed by atoms with Gasteiger partial charge in [0.15, 0.2) is 0 Å². The van der Waals surface area contributed by atoms with Crippen molar-refractivity contribution in [1.82, 2.24) is 16.0 Å². The van der Waals surface area contributed by atoms with Crippen LogP contribution in [0.15, 0.2) is 0 Å². The fourth-order valence-corrected chi connectivity index (χ4v) is 4.69. The number of hydrogen-bond acceptors (Lipinski definition) is 7. The zero-order chi connectivity index (χ0) is 18.2. The number of fused-ring (bicyclic) bond motifs is 2. The van der Waals surface area contributed by atoms with Crippen LogP contribution in [-0.2, 0) is 23.8 Å². The molecule has 5 aliphatic rings. The van der Waals surface area contributed by atoms with E-state index in [9.17, 15) is 9.59 Å². The summed E-state index contributed by atoms with van der Waals surface area (Å²) in [4.78, 5) is 25.3. The minimum Gasteiger partial charge on any atom is -0.411 e. The molecule has 2 saturated carbocycles. The number of ether oxygens (including phenoxy) is 3. The fourth-order valence-electron chi connectivity index (χ4n) is 4.69. The predicted molar refractivity (Wildman–Crippen MR) is 89.3 cm³/mol. The molecule has 144 valence electrons. The molecule has 3 N–H and O–H groups in total. The first-order valence-corrected chi connectivity index (χ1v) is 9.71. The molecule has 2 aliphatic carbocycles. The van der Waals surface area contributed by atoms with Gasteiger partial charge >= 0.3 is 11.9 Å². The molecule has 0 aromatic heterocycles. The molecule has 5 rings (SSSR count). The summed E-state index contributed by atoms with van der Waals surface area (Å²) in [6.45, 7) is 4.67. The Morgan fingerprint density at radius 2 is 1.58 bits per heavy atom. The lowest BCUT2D eigenvalue weighted by Crippen LogP contribution is -2.81. The number of amides is 1. The number of hydrogen-bond donors (Lipinski definition) is 3. The monoisotopic (exact) mass is 365 g/mol. The van der Waals surface area contributed by atoms with Crippen molar-refractivity contribution < 1.29 is 23.8 Å². The molecule has 3 heterocycles. The van der Waals surface area contributed by atoms with Crippen LogP contribution in [0.4, 0.5) is 0 Å². The lowest BCUT2D eigenvalue weighted by Gasteiger charge is -2.44. The van der Waals surface area contributed by atoms with Crippen molar-refractivity contribution in [3.8, 4) is 0 Å². The van der Waals surface area contributed by atoms with Crippen molar-refractivity contribution in [3.05, 3.63) is 0 Å². The van der Waals surface area contributed by atoms with Crippen molar-refractivity contribution >= 4 is 11.9 Å². The third-order valence-electron chi connectivity index (χ3n) is 6.98. The highest BCUT2D eigenvalue weighted by Gasteiger charge is 2.58. The SMILES string of the molecule is CC12CCC(C(=O)NC3(OC(=O)C4CCC5(C)OC5C4)NCN3)CC1O2. The van der Waals surface area contributed by atoms with E-state index in [0.717, 1.165) is 32.1 Å². The van der Waals surface area contributed by atoms with E-state index in [4.69, 9.17) is 14.2 Å². The lowest BCUT2D eigenvalue weighted by atomic mass is 9.82. The van der Waals surface area contributed by atoms with Crippen LogP contribution in [0.3, 0.4) is 0 Å². The summed E-state index contributed by atoms with van der Waals surface area (Å²) in [5.74, 6) is -1.94. The summed E-state index contributed by atoms with van der Waals surface area (Å²) in [7, 11) is 0. The van der Waals surface area contributed by atoms with E-state index in [2.05, 4.69) is 29.8 Å². The molecule has 0 aromatic rings. The number of esters is 1. The molecule has 26 heavy (non-hydrogen) atoms. The molecule has 6 atom stereocenters. The van der Waals surface area contributed by atoms with E-state index in [1.54, 1.807) is 0 Å². The summed E-state index contributed by atoms with van der Waals surface area (Å²) < 4.78 is 17.0. The van der Waals surface area contributed by atoms with Gasteiger partial charge in [-0.1, -0.05) is 0 Å². The van der Waals surface area contributed by atoms with E-state index < -0.39 is 5.97 Å². The second kappa shape index (κ2) is 5.41. The van der Waals surface area contributed by atoms with Crippen LogP contribution in [0.25, 0.3) is 0 Å². The normalized spacial score (nSPS) is 47.6. The summed E-state index contributed by atoms with van der Waals surface area (Å²) >= 11 is 0. The average molecular weight is 365 g/mol. The number of carbonyl (C=O) groups excluding carboxylic acids is 2. The largest absolute Gasteiger partial charge is 0.411 e. The molecular formula is C18H27N3O5. The molecular weight excluding hydrogens is 338 g/mol. The topological polar surface area (TPSA) is 105 Å². The van der Waals surface area contributed by atoms with Gasteiger partial charge in [-0.3, -0.25) is 14.9 Å². The van der Waals surface area contributed by atoms with E-state index >= 15 is 0 Å². The smallest absolute Gasteiger partial charge is 0.313 e. The molecule has 3 aliphatic heterocycles. The highest BCUT2D eigenvalue weighted by molar-refractivity contribution is 5.80. The van der Waals surface area contributed by atoms with E-state index in [0.29, 0.717) is 13.1 Å². The van der Waals surface area contributed by atoms with Gasteiger partial charge in [-0.2, -0.15) is 0 Å². The van der Waals surface area contributed by atoms with Gasteiger partial charge in [0.1, 0.15) is 0 Å². The second-order valence-electron chi connectivity index (χ2n) is 8.90. The third kappa shape index (κ3) is 2.74. The van der Waals surface area contributed by atoms with Gasteiger partial charge in [-0.05, 0) is 52.4 Å². The van der Waals surface area contributed by atoms with Crippen LogP contribution in [0.2, 0.25) is 0 Å². The molecule has 0 aromatic carbocycles. The van der Waals surface area contributed by atoms with Crippen LogP contribution in [0.1, 0.15) is 52.4 Å². The predicted octanol–water partition coefficient (Wildman–Crippen LogP) is 0.323. The number of carbonyl (C=O) groups is 2. The number of epoxide rings is 2. The van der Waals surface area contributed by atoms with Gasteiger partial charge < -0.3 is 14.2 Å². The average Bonchev–Trinajstić information content (AvgIpc) is 3.43. The van der Waals surface area contributed by atoms with Crippen molar-refractivity contribution in [1.29, 1.82) is 0 Å². The minimum absolute atomic E-state index is 0.0196. The highest BCUT2D eigenvalue weighted by Crippen LogP contribution is 2.50. The van der Waals surface area contributed by atoms with Crippen LogP contribution in [0, 0.1) is 11.8 Å². The summed E-state index contributed by atoms with van der Waals surface area (Å²) in [6, 6.07) is 0. The fraction of sp³-hybridized carbons (Fsp3) is 0.889. The van der Waals surface area contributed by atoms with Crippen molar-refractivity contribution in [2.45, 2.75) is 81.8 Å². The maximum Gasteiger partial charge on any atom is 0.313 e. The summed E-state index contributed by atoms with van der Waals surface area (Å²) in [6.07, 6.45) is 5.09. The molecule has 5 fully saturated rings. The Balaban J connectivity index is 1.17. The van der Waals surface area contributed by atoms with Crippen LogP contribution < -0.4 is 16.0 Å². The Labute approximate surface area is 152 Å². The lowest BCUT2D eigenvalue weighted by molar-refractivity contribution is -0.198. The van der Waals surface area contributed by atoms with E-state index in [-0.39, 0.29) is 47.1 Å². The Kier molecular flexibility index (Phi) is 3.52. The Morgan fingerprint density at radius 1 is 1.00 bits per heavy atom. The molecule has 8 nitrogen and oxygen atoms in total. The Morgan fingerprint density at radius 3 is 2.12 bits per heavy atom. The van der Waals surface area contributed by atoms with E-state index in [1.165, 1.54) is 0 Å². The van der Waals surface area contributed by atoms with Gasteiger partial charge in [-0.15, -0.1) is 0 Å². The van der Waals surface area contributed by atoms with Crippen LogP contribution in [0.5, 0.6) is 0 Å². The third-order valence-corrected chi connectivity index (χ3v) is 6.98. The van der Waals surface area contributed by atoms with E-state index in [1.807, 2.05) is 0 Å². The van der Waals surface area contributed by atoms with Crippen molar-refractivity contribution in [2.75, 3.05) is 6.67 Å². The zero-order valence-corrected chi connectivity index (χ0v) is 15.3. The zero-order valence-electron chi connectivity index (χ0n) is 15.3. The van der Waals surface area contributed by atoms with Gasteiger partial charge in [0, 0.05) is 5.92 Å². The summed E-state index contributed by atoms with van der Waals surface area (Å²) in [5.41, 5.74) is -0.0513. The Bertz CT molecular complexity index is 603. The first-order chi connectivity index (χ1) is 12.3.